The third-order valence-electron chi connectivity index (χ3n) is 4.55. The molecule has 1 fully saturated rings. The lowest BCUT2D eigenvalue weighted by Gasteiger charge is -2.38. The van der Waals surface area contributed by atoms with Crippen LogP contribution in [0.1, 0.15) is 16.1 Å². The van der Waals surface area contributed by atoms with Gasteiger partial charge in [-0.25, -0.2) is 18.1 Å². The molecule has 30 heavy (non-hydrogen) atoms. The first kappa shape index (κ1) is 20.8. The Kier molecular flexibility index (Phi) is 4.90. The third-order valence-corrected chi connectivity index (χ3v) is 6.07. The number of rotatable bonds is 4. The summed E-state index contributed by atoms with van der Waals surface area (Å²) in [7, 11) is -3.42. The average molecular weight is 507 g/mol. The summed E-state index contributed by atoms with van der Waals surface area (Å²) in [6.45, 7) is 0.192. The summed E-state index contributed by atoms with van der Waals surface area (Å²) in [5.41, 5.74) is -0.935. The van der Waals surface area contributed by atoms with E-state index in [2.05, 4.69) is 35.8 Å². The summed E-state index contributed by atoms with van der Waals surface area (Å²) in [5.74, 6) is -0.602. The Bertz CT molecular complexity index is 1230. The lowest BCUT2D eigenvalue weighted by atomic mass is 10.1. The molecule has 4 heterocycles. The molecule has 3 aromatic heterocycles. The number of amides is 1. The van der Waals surface area contributed by atoms with Crippen molar-refractivity contribution in [2.45, 2.75) is 12.2 Å². The first-order valence-electron chi connectivity index (χ1n) is 8.48. The second-order valence-corrected chi connectivity index (χ2v) is 9.40. The highest BCUT2D eigenvalue weighted by atomic mass is 79.9. The number of carbonyl (C=O) groups excluding carboxylic acids is 1. The van der Waals surface area contributed by atoms with Crippen LogP contribution in [0, 0.1) is 0 Å². The molecule has 1 aliphatic heterocycles. The number of fused-ring (bicyclic) bond motifs is 1. The summed E-state index contributed by atoms with van der Waals surface area (Å²) in [5, 5.41) is 6.29. The summed E-state index contributed by atoms with van der Waals surface area (Å²) in [4.78, 5) is 18.0. The van der Waals surface area contributed by atoms with Crippen molar-refractivity contribution in [3.05, 3.63) is 40.5 Å². The predicted octanol–water partition coefficient (Wildman–Crippen LogP) is 1.88. The van der Waals surface area contributed by atoms with Gasteiger partial charge >= 0.3 is 6.18 Å². The molecule has 1 aliphatic rings. The van der Waals surface area contributed by atoms with E-state index < -0.39 is 39.4 Å². The molecule has 4 rings (SSSR count). The smallest absolute Gasteiger partial charge is 0.334 e. The van der Waals surface area contributed by atoms with Gasteiger partial charge in [-0.3, -0.25) is 14.3 Å². The molecule has 1 saturated heterocycles. The van der Waals surface area contributed by atoms with Gasteiger partial charge in [0.15, 0.2) is 11.3 Å². The monoisotopic (exact) mass is 506 g/mol. The second-order valence-electron chi connectivity index (χ2n) is 6.87. The summed E-state index contributed by atoms with van der Waals surface area (Å²) in [6, 6.07) is 0.502. The van der Waals surface area contributed by atoms with E-state index in [1.165, 1.54) is 23.5 Å². The molecule has 9 nitrogen and oxygen atoms in total. The zero-order valence-electron chi connectivity index (χ0n) is 15.2. The predicted molar refractivity (Wildman–Crippen MR) is 103 cm³/mol. The molecule has 0 saturated carbocycles. The van der Waals surface area contributed by atoms with Gasteiger partial charge in [-0.1, -0.05) is 0 Å². The molecule has 0 bridgehead atoms. The number of alkyl halides is 3. The molecular formula is C16H14BrF3N6O3S. The van der Waals surface area contributed by atoms with Crippen LogP contribution < -0.4 is 4.72 Å². The first-order valence-corrected chi connectivity index (χ1v) is 11.2. The zero-order valence-corrected chi connectivity index (χ0v) is 17.6. The van der Waals surface area contributed by atoms with Gasteiger partial charge < -0.3 is 4.90 Å². The number of aromatic nitrogens is 4. The number of imidazole rings is 1. The molecule has 0 unspecified atom stereocenters. The lowest BCUT2D eigenvalue weighted by Crippen LogP contribution is -2.60. The van der Waals surface area contributed by atoms with Gasteiger partial charge in [-0.15, -0.1) is 0 Å². The number of likely N-dealkylation sites (tertiary alicyclic amines) is 1. The van der Waals surface area contributed by atoms with E-state index in [0.717, 1.165) is 16.7 Å². The number of pyridine rings is 1. The van der Waals surface area contributed by atoms with Gasteiger partial charge in [0.1, 0.15) is 4.60 Å². The quantitative estimate of drug-likeness (QED) is 0.560. The Morgan fingerprint density at radius 3 is 2.60 bits per heavy atom. The van der Waals surface area contributed by atoms with Crippen LogP contribution in [0.15, 0.2) is 29.3 Å². The maximum Gasteiger partial charge on any atom is 0.420 e. The minimum Gasteiger partial charge on any atom is -0.334 e. The Balaban J connectivity index is 1.72. The number of aromatic amines is 1. The highest BCUT2D eigenvalue weighted by molar-refractivity contribution is 9.10. The topological polar surface area (TPSA) is 112 Å². The van der Waals surface area contributed by atoms with Crippen molar-refractivity contribution in [3.8, 4) is 11.1 Å². The van der Waals surface area contributed by atoms with Crippen molar-refractivity contribution < 1.29 is 26.4 Å². The van der Waals surface area contributed by atoms with Gasteiger partial charge in [-0.2, -0.15) is 18.3 Å². The summed E-state index contributed by atoms with van der Waals surface area (Å²) in [6.07, 6.45) is 0.563. The molecular weight excluding hydrogens is 493 g/mol. The van der Waals surface area contributed by atoms with Crippen molar-refractivity contribution in [3.63, 3.8) is 0 Å². The molecule has 0 aromatic carbocycles. The fourth-order valence-corrected chi connectivity index (χ4v) is 4.48. The summed E-state index contributed by atoms with van der Waals surface area (Å²) < 4.78 is 67.1. The fourth-order valence-electron chi connectivity index (χ4n) is 3.20. The van der Waals surface area contributed by atoms with Crippen molar-refractivity contribution in [2.75, 3.05) is 19.3 Å². The van der Waals surface area contributed by atoms with Gasteiger partial charge in [0.05, 0.1) is 24.1 Å². The standard InChI is InChI=1S/C16H14BrF3N6O3S/c1-30(28,29)24-10-6-25(7-10)15(27)12-13(17)26-5-8(9-3-21-22-4-9)2-11(14(26)23-12)16(18,19)20/h2-5,10,24H,6-7H2,1H3,(H,21,22). The van der Waals surface area contributed by atoms with E-state index in [1.807, 2.05) is 0 Å². The van der Waals surface area contributed by atoms with Crippen molar-refractivity contribution >= 4 is 37.5 Å². The molecule has 1 amide bonds. The van der Waals surface area contributed by atoms with Crippen molar-refractivity contribution in [2.24, 2.45) is 0 Å². The highest BCUT2D eigenvalue weighted by Crippen LogP contribution is 2.37. The van der Waals surface area contributed by atoms with Gasteiger partial charge in [0, 0.05) is 36.6 Å². The normalized spacial score (nSPS) is 15.6. The van der Waals surface area contributed by atoms with E-state index in [-0.39, 0.29) is 29.0 Å². The number of H-pyrrole nitrogens is 1. The van der Waals surface area contributed by atoms with Crippen LogP contribution in [0.25, 0.3) is 16.8 Å². The van der Waals surface area contributed by atoms with E-state index in [9.17, 15) is 26.4 Å². The van der Waals surface area contributed by atoms with Crippen LogP contribution in [-0.4, -0.2) is 64.2 Å². The van der Waals surface area contributed by atoms with Gasteiger partial charge in [0.25, 0.3) is 5.91 Å². The SMILES string of the molecule is CS(=O)(=O)NC1CN(C(=O)c2nc3c(C(F)(F)F)cc(-c4cn[nH]c4)cn3c2Br)C1. The van der Waals surface area contributed by atoms with Gasteiger partial charge in [-0.05, 0) is 22.0 Å². The second kappa shape index (κ2) is 7.06. The van der Waals surface area contributed by atoms with Crippen LogP contribution in [0.3, 0.4) is 0 Å². The molecule has 2 N–H and O–H groups in total. The van der Waals surface area contributed by atoms with Crippen molar-refractivity contribution in [1.29, 1.82) is 0 Å². The van der Waals surface area contributed by atoms with Crippen LogP contribution in [0.2, 0.25) is 0 Å². The zero-order chi connectivity index (χ0) is 21.8. The lowest BCUT2D eigenvalue weighted by molar-refractivity contribution is -0.136. The Labute approximate surface area is 176 Å². The van der Waals surface area contributed by atoms with E-state index in [1.54, 1.807) is 0 Å². The molecule has 0 aliphatic carbocycles. The third kappa shape index (κ3) is 3.81. The number of nitrogens with zero attached hydrogens (tertiary/aromatic N) is 4. The molecule has 0 radical (unpaired) electrons. The fraction of sp³-hybridized carbons (Fsp3) is 0.312. The van der Waals surface area contributed by atoms with Crippen LogP contribution in [0.5, 0.6) is 0 Å². The molecule has 160 valence electrons. The number of nitrogens with one attached hydrogen (secondary N) is 2. The number of sulfonamides is 1. The molecule has 3 aromatic rings. The largest absolute Gasteiger partial charge is 0.420 e. The summed E-state index contributed by atoms with van der Waals surface area (Å²) >= 11 is 3.19. The molecule has 0 spiro atoms. The molecule has 0 atom stereocenters. The maximum absolute atomic E-state index is 13.7. The minimum atomic E-state index is -4.70. The van der Waals surface area contributed by atoms with Crippen LogP contribution in [-0.2, 0) is 16.2 Å². The van der Waals surface area contributed by atoms with Crippen LogP contribution >= 0.6 is 15.9 Å². The molecule has 14 heteroatoms. The Hall–Kier alpha value is -2.45. The van der Waals surface area contributed by atoms with E-state index in [0.29, 0.717) is 5.56 Å². The van der Waals surface area contributed by atoms with E-state index >= 15 is 0 Å². The number of hydrogen-bond donors (Lipinski definition) is 2. The van der Waals surface area contributed by atoms with Crippen LogP contribution in [0.4, 0.5) is 13.2 Å². The van der Waals surface area contributed by atoms with Crippen molar-refractivity contribution in [1.82, 2.24) is 29.2 Å². The number of hydrogen-bond acceptors (Lipinski definition) is 5. The Morgan fingerprint density at radius 1 is 1.33 bits per heavy atom. The first-order chi connectivity index (χ1) is 13.9. The average Bonchev–Trinajstić information content (AvgIpc) is 3.23. The Morgan fingerprint density at radius 2 is 2.03 bits per heavy atom. The maximum atomic E-state index is 13.7. The number of halogens is 4. The van der Waals surface area contributed by atoms with Gasteiger partial charge in [0.2, 0.25) is 10.0 Å². The minimum absolute atomic E-state index is 0.0675. The number of carbonyl (C=O) groups is 1. The highest BCUT2D eigenvalue weighted by Gasteiger charge is 2.38. The van der Waals surface area contributed by atoms with E-state index in [4.69, 9.17) is 0 Å².